The first-order valence-corrected chi connectivity index (χ1v) is 17.8. The van der Waals surface area contributed by atoms with E-state index in [1.165, 1.54) is 0 Å². The van der Waals surface area contributed by atoms with Crippen LogP contribution >= 0.6 is 0 Å². The Balaban J connectivity index is -0.000000967. The van der Waals surface area contributed by atoms with Gasteiger partial charge in [-0.3, -0.25) is 14.4 Å². The van der Waals surface area contributed by atoms with Gasteiger partial charge < -0.3 is 18.9 Å². The zero-order valence-electron chi connectivity index (χ0n) is 33.0. The van der Waals surface area contributed by atoms with Crippen molar-refractivity contribution in [3.05, 3.63) is 12.3 Å². The Morgan fingerprint density at radius 1 is 0.822 bits per heavy atom. The second-order valence-corrected chi connectivity index (χ2v) is 12.0. The predicted octanol–water partition coefficient (Wildman–Crippen LogP) is 9.89. The minimum Gasteiger partial charge on any atom is -0.489 e. The van der Waals surface area contributed by atoms with Gasteiger partial charge in [-0.1, -0.05) is 104 Å². The summed E-state index contributed by atoms with van der Waals surface area (Å²) in [5, 5.41) is 0. The number of hydrogen-bond acceptors (Lipinski definition) is 7. The van der Waals surface area contributed by atoms with Gasteiger partial charge in [0.25, 0.3) is 0 Å². The van der Waals surface area contributed by atoms with Gasteiger partial charge in [0.2, 0.25) is 0 Å². The monoisotopic (exact) mass is 645 g/mol. The van der Waals surface area contributed by atoms with E-state index in [1.54, 1.807) is 21.0 Å². The molecule has 0 amide bonds. The van der Waals surface area contributed by atoms with Gasteiger partial charge in [-0.15, -0.1) is 0 Å². The van der Waals surface area contributed by atoms with Crippen LogP contribution in [0.15, 0.2) is 12.3 Å². The van der Waals surface area contributed by atoms with E-state index in [-0.39, 0.29) is 40.7 Å². The number of cyclic esters (lactones) is 1. The number of ether oxygens (including phenoxy) is 4. The van der Waals surface area contributed by atoms with Gasteiger partial charge in [0.1, 0.15) is 29.2 Å². The number of hydrogen-bond donors (Lipinski definition) is 0. The zero-order valence-corrected chi connectivity index (χ0v) is 33.0. The highest BCUT2D eigenvalue weighted by Crippen LogP contribution is 2.42. The third kappa shape index (κ3) is 17.7. The molecule has 7 heteroatoms. The number of ketones is 2. The lowest BCUT2D eigenvalue weighted by Gasteiger charge is -2.46. The maximum absolute atomic E-state index is 13.9. The molecule has 0 aromatic rings. The summed E-state index contributed by atoms with van der Waals surface area (Å²) in [5.41, 5.74) is -1.30. The summed E-state index contributed by atoms with van der Waals surface area (Å²) in [6.07, 6.45) is 1.54. The number of carbonyl (C=O) groups is 3. The lowest BCUT2D eigenvalue weighted by Crippen LogP contribution is -2.54. The summed E-state index contributed by atoms with van der Waals surface area (Å²) in [7, 11) is 1.62. The molecule has 0 N–H and O–H groups in total. The predicted molar refractivity (Wildman–Crippen MR) is 190 cm³/mol. The maximum Gasteiger partial charge on any atom is 0.316 e. The Morgan fingerprint density at radius 3 is 1.71 bits per heavy atom. The Kier molecular flexibility index (Phi) is 30.5. The first-order valence-electron chi connectivity index (χ1n) is 17.8. The van der Waals surface area contributed by atoms with Crippen molar-refractivity contribution in [2.24, 2.45) is 35.0 Å². The molecule has 0 bridgehead atoms. The first-order chi connectivity index (χ1) is 21.1. The number of allylic oxidation sites excluding steroid dienone is 1. The van der Waals surface area contributed by atoms with Gasteiger partial charge in [-0.2, -0.15) is 0 Å². The molecule has 1 heterocycles. The summed E-state index contributed by atoms with van der Waals surface area (Å²) >= 11 is 0. The molecule has 0 spiro atoms. The summed E-state index contributed by atoms with van der Waals surface area (Å²) in [4.78, 5) is 40.3. The second kappa shape index (κ2) is 27.4. The molecule has 0 radical (unpaired) electrons. The van der Waals surface area contributed by atoms with E-state index >= 15 is 0 Å². The van der Waals surface area contributed by atoms with E-state index in [0.717, 1.165) is 0 Å². The first kappa shape index (κ1) is 50.1. The van der Waals surface area contributed by atoms with Gasteiger partial charge >= 0.3 is 5.97 Å². The fourth-order valence-corrected chi connectivity index (χ4v) is 6.22. The van der Waals surface area contributed by atoms with Crippen LogP contribution in [0.4, 0.5) is 0 Å². The van der Waals surface area contributed by atoms with Gasteiger partial charge in [0, 0.05) is 37.4 Å². The third-order valence-electron chi connectivity index (χ3n) is 7.93. The van der Waals surface area contributed by atoms with Crippen molar-refractivity contribution in [2.75, 3.05) is 26.9 Å². The van der Waals surface area contributed by atoms with Crippen molar-refractivity contribution < 1.29 is 33.3 Å². The molecule has 0 aromatic heterocycles. The molecule has 0 aromatic carbocycles. The van der Waals surface area contributed by atoms with Gasteiger partial charge in [0.15, 0.2) is 0 Å². The normalized spacial score (nSPS) is 28.4. The lowest BCUT2D eigenvalue weighted by molar-refractivity contribution is -0.185. The SMILES string of the molecule is C=C(C)O[C@@]1(C)[C@H](CCOCCOC)C(C)C(=O)[C@H](C)CC(C)(C)C[C@@H](C)C(=O)C(C)C(=O)O[C@@H]1CC.CC.CC.CC.CC. The largest absolute Gasteiger partial charge is 0.489 e. The van der Waals surface area contributed by atoms with Crippen LogP contribution in [0.2, 0.25) is 0 Å². The number of Topliss-reactive ketones (excluding diaryl/α,β-unsaturated/α-hetero) is 2. The summed E-state index contributed by atoms with van der Waals surface area (Å²) in [6.45, 7) is 38.4. The van der Waals surface area contributed by atoms with Crippen LogP contribution in [0.25, 0.3) is 0 Å². The van der Waals surface area contributed by atoms with Crippen molar-refractivity contribution in [2.45, 2.75) is 155 Å². The van der Waals surface area contributed by atoms with Gasteiger partial charge in [-0.25, -0.2) is 0 Å². The van der Waals surface area contributed by atoms with E-state index in [2.05, 4.69) is 20.4 Å². The van der Waals surface area contributed by atoms with Crippen molar-refractivity contribution in [3.63, 3.8) is 0 Å². The molecule has 0 saturated carbocycles. The molecular formula is C38H76O7. The van der Waals surface area contributed by atoms with Crippen molar-refractivity contribution in [1.29, 1.82) is 0 Å². The number of carbonyl (C=O) groups excluding carboxylic acids is 3. The van der Waals surface area contributed by atoms with Gasteiger partial charge in [0.05, 0.1) is 19.0 Å². The molecule has 0 aliphatic carbocycles. The van der Waals surface area contributed by atoms with Crippen LogP contribution in [0.5, 0.6) is 0 Å². The highest BCUT2D eigenvalue weighted by atomic mass is 16.6. The number of esters is 1. The fraction of sp³-hybridized carbons (Fsp3) is 0.868. The molecule has 1 aliphatic rings. The third-order valence-corrected chi connectivity index (χ3v) is 7.93. The smallest absolute Gasteiger partial charge is 0.316 e. The molecule has 7 atom stereocenters. The van der Waals surface area contributed by atoms with Crippen LogP contribution in [0, 0.1) is 35.0 Å². The molecule has 1 rings (SSSR count). The highest BCUT2D eigenvalue weighted by molar-refractivity contribution is 5.99. The van der Waals surface area contributed by atoms with E-state index in [0.29, 0.717) is 51.3 Å². The van der Waals surface area contributed by atoms with Crippen molar-refractivity contribution in [1.82, 2.24) is 0 Å². The van der Waals surface area contributed by atoms with Crippen LogP contribution in [0.3, 0.4) is 0 Å². The molecule has 270 valence electrons. The zero-order chi connectivity index (χ0) is 36.6. The van der Waals surface area contributed by atoms with Crippen LogP contribution in [-0.4, -0.2) is 56.2 Å². The molecular weight excluding hydrogens is 568 g/mol. The molecule has 1 fully saturated rings. The summed E-state index contributed by atoms with van der Waals surface area (Å²) in [5.74, 6) is -2.21. The standard InChI is InChI=1S/C30H52O7.4C2H6/c1-12-25-30(10,37-19(2)3)24(13-14-35-16-15-34-11)22(6)26(31)20(4)17-29(8,9)18-21(5)27(32)23(7)28(33)36-25;4*1-2/h20-25H,2,12-18H2,1,3-11H3;4*1-2H3/t20-,21-,22?,23?,24-,25-,30+;;;;/m1..../s1. The summed E-state index contributed by atoms with van der Waals surface area (Å²) < 4.78 is 23.3. The average Bonchev–Trinajstić information content (AvgIpc) is 3.02. The van der Waals surface area contributed by atoms with Crippen LogP contribution in [0.1, 0.15) is 143 Å². The Hall–Kier alpha value is -1.73. The van der Waals surface area contributed by atoms with Crippen molar-refractivity contribution >= 4 is 17.5 Å². The minimum atomic E-state index is -1.05. The number of methoxy groups -OCH3 is 1. The molecule has 7 nitrogen and oxygen atoms in total. The molecule has 45 heavy (non-hydrogen) atoms. The Labute approximate surface area is 280 Å². The van der Waals surface area contributed by atoms with Gasteiger partial charge in [-0.05, 0) is 51.9 Å². The minimum absolute atomic E-state index is 0.136. The second-order valence-electron chi connectivity index (χ2n) is 12.0. The molecule has 1 aliphatic heterocycles. The Morgan fingerprint density at radius 2 is 1.29 bits per heavy atom. The topological polar surface area (TPSA) is 88.1 Å². The highest BCUT2D eigenvalue weighted by Gasteiger charge is 2.50. The summed E-state index contributed by atoms with van der Waals surface area (Å²) in [6, 6.07) is 0. The molecule has 2 unspecified atom stereocenters. The number of rotatable bonds is 9. The van der Waals surface area contributed by atoms with E-state index in [1.807, 2.05) is 90.0 Å². The fourth-order valence-electron chi connectivity index (χ4n) is 6.22. The van der Waals surface area contributed by atoms with Crippen molar-refractivity contribution in [3.8, 4) is 0 Å². The van der Waals surface area contributed by atoms with Crippen LogP contribution in [-0.2, 0) is 33.3 Å². The lowest BCUT2D eigenvalue weighted by atomic mass is 9.68. The Bertz CT molecular complexity index is 791. The average molecular weight is 645 g/mol. The van der Waals surface area contributed by atoms with E-state index in [9.17, 15) is 14.4 Å². The maximum atomic E-state index is 13.9. The van der Waals surface area contributed by atoms with Crippen LogP contribution < -0.4 is 0 Å². The van der Waals surface area contributed by atoms with E-state index < -0.39 is 23.6 Å². The van der Waals surface area contributed by atoms with E-state index in [4.69, 9.17) is 18.9 Å². The molecule has 1 saturated heterocycles. The quantitative estimate of drug-likeness (QED) is 0.107.